The Kier molecular flexibility index (Phi) is 4.51. The molecule has 1 N–H and O–H groups in total. The van der Waals surface area contributed by atoms with Crippen LogP contribution in [0.2, 0.25) is 0 Å². The van der Waals surface area contributed by atoms with Crippen LogP contribution in [0.25, 0.3) is 10.9 Å². The molecule has 1 saturated heterocycles. The third-order valence-corrected chi connectivity index (χ3v) is 5.43. The lowest BCUT2D eigenvalue weighted by Gasteiger charge is -2.36. The zero-order chi connectivity index (χ0) is 18.1. The summed E-state index contributed by atoms with van der Waals surface area (Å²) in [7, 11) is 0. The highest BCUT2D eigenvalue weighted by molar-refractivity contribution is 5.82. The molecule has 0 spiro atoms. The van der Waals surface area contributed by atoms with Crippen molar-refractivity contribution in [2.24, 2.45) is 0 Å². The number of benzene rings is 2. The van der Waals surface area contributed by atoms with Gasteiger partial charge in [-0.05, 0) is 37.6 Å². The van der Waals surface area contributed by atoms with Crippen molar-refractivity contribution in [1.82, 2.24) is 9.88 Å². The minimum atomic E-state index is 0.172. The van der Waals surface area contributed by atoms with Crippen molar-refractivity contribution in [3.63, 3.8) is 0 Å². The van der Waals surface area contributed by atoms with Crippen molar-refractivity contribution < 1.29 is 0 Å². The molecule has 0 aliphatic carbocycles. The predicted octanol–water partition coefficient (Wildman–Crippen LogP) is 3.47. The van der Waals surface area contributed by atoms with Crippen LogP contribution in [0.15, 0.2) is 53.3 Å². The number of anilines is 1. The Morgan fingerprint density at radius 1 is 0.923 bits per heavy atom. The van der Waals surface area contributed by atoms with Crippen LogP contribution < -0.4 is 10.3 Å². The maximum Gasteiger partial charge on any atom is 0.194 e. The minimum Gasteiger partial charge on any atom is -0.369 e. The molecule has 2 heterocycles. The number of rotatable bonds is 3. The zero-order valence-corrected chi connectivity index (χ0v) is 15.5. The topological polar surface area (TPSA) is 39.3 Å². The Morgan fingerprint density at radius 3 is 2.38 bits per heavy atom. The first-order chi connectivity index (χ1) is 12.6. The molecule has 134 valence electrons. The molecule has 1 aliphatic rings. The van der Waals surface area contributed by atoms with Gasteiger partial charge >= 0.3 is 0 Å². The summed E-state index contributed by atoms with van der Waals surface area (Å²) in [5, 5.41) is 0.800. The van der Waals surface area contributed by atoms with Gasteiger partial charge < -0.3 is 9.88 Å². The van der Waals surface area contributed by atoms with Crippen molar-refractivity contribution in [2.75, 3.05) is 31.1 Å². The van der Waals surface area contributed by atoms with E-state index in [1.54, 1.807) is 0 Å². The lowest BCUT2D eigenvalue weighted by atomic mass is 10.1. The van der Waals surface area contributed by atoms with Crippen LogP contribution in [0, 0.1) is 13.8 Å². The van der Waals surface area contributed by atoms with Gasteiger partial charge in [0, 0.05) is 55.1 Å². The van der Waals surface area contributed by atoms with Crippen LogP contribution in [0.4, 0.5) is 5.69 Å². The lowest BCUT2D eigenvalue weighted by Crippen LogP contribution is -2.46. The van der Waals surface area contributed by atoms with Gasteiger partial charge in [0.25, 0.3) is 0 Å². The molecule has 1 aromatic heterocycles. The van der Waals surface area contributed by atoms with Gasteiger partial charge in [-0.2, -0.15) is 0 Å². The number of nitrogens with zero attached hydrogens (tertiary/aromatic N) is 2. The number of aryl methyl sites for hydroxylation is 2. The molecule has 26 heavy (non-hydrogen) atoms. The molecule has 0 radical (unpaired) electrons. The van der Waals surface area contributed by atoms with Gasteiger partial charge in [0.1, 0.15) is 0 Å². The van der Waals surface area contributed by atoms with Crippen molar-refractivity contribution in [2.45, 2.75) is 20.4 Å². The highest BCUT2D eigenvalue weighted by Gasteiger charge is 2.20. The molecule has 0 saturated carbocycles. The van der Waals surface area contributed by atoms with E-state index >= 15 is 0 Å². The van der Waals surface area contributed by atoms with Crippen molar-refractivity contribution in [3.05, 3.63) is 75.6 Å². The second-order valence-corrected chi connectivity index (χ2v) is 7.15. The third kappa shape index (κ3) is 3.13. The summed E-state index contributed by atoms with van der Waals surface area (Å²) in [5.41, 5.74) is 5.42. The molecular formula is C22H25N3O. The average molecular weight is 347 g/mol. The summed E-state index contributed by atoms with van der Waals surface area (Å²) < 4.78 is 0. The third-order valence-electron chi connectivity index (χ3n) is 5.43. The summed E-state index contributed by atoms with van der Waals surface area (Å²) in [6.07, 6.45) is 0. The normalized spacial score (nSPS) is 15.5. The number of hydrogen-bond donors (Lipinski definition) is 1. The highest BCUT2D eigenvalue weighted by Crippen LogP contribution is 2.19. The van der Waals surface area contributed by atoms with Gasteiger partial charge in [0.2, 0.25) is 0 Å². The second kappa shape index (κ2) is 6.96. The first-order valence-corrected chi connectivity index (χ1v) is 9.27. The zero-order valence-electron chi connectivity index (χ0n) is 15.5. The summed E-state index contributed by atoms with van der Waals surface area (Å²) in [4.78, 5) is 21.3. The van der Waals surface area contributed by atoms with Gasteiger partial charge in [-0.1, -0.05) is 30.3 Å². The van der Waals surface area contributed by atoms with E-state index in [1.807, 2.05) is 32.0 Å². The smallest absolute Gasteiger partial charge is 0.194 e. The van der Waals surface area contributed by atoms with Crippen LogP contribution in [-0.4, -0.2) is 36.1 Å². The van der Waals surface area contributed by atoms with E-state index in [9.17, 15) is 4.79 Å². The second-order valence-electron chi connectivity index (χ2n) is 7.15. The standard InChI is InChI=1S/C22H25N3O/c1-16-7-6-10-19-21(16)23-17(2)20(22(19)26)15-24-11-13-25(14-12-24)18-8-4-3-5-9-18/h3-10H,11-15H2,1-2H3,(H,23,26). The molecule has 0 atom stereocenters. The van der Waals surface area contributed by atoms with Crippen LogP contribution in [0.3, 0.4) is 0 Å². The van der Waals surface area contributed by atoms with E-state index in [2.05, 4.69) is 45.1 Å². The molecule has 2 aromatic carbocycles. The molecule has 4 heteroatoms. The molecule has 4 nitrogen and oxygen atoms in total. The SMILES string of the molecule is Cc1[nH]c2c(C)cccc2c(=O)c1CN1CCN(c2ccccc2)CC1. The Hall–Kier alpha value is -2.59. The lowest BCUT2D eigenvalue weighted by molar-refractivity contribution is 0.248. The Bertz CT molecular complexity index is 970. The first-order valence-electron chi connectivity index (χ1n) is 9.27. The summed E-state index contributed by atoms with van der Waals surface area (Å²) in [6, 6.07) is 16.5. The van der Waals surface area contributed by atoms with Gasteiger partial charge in [-0.15, -0.1) is 0 Å². The number of aromatic amines is 1. The molecule has 3 aromatic rings. The fourth-order valence-corrected chi connectivity index (χ4v) is 3.84. The van der Waals surface area contributed by atoms with Crippen LogP contribution in [0.1, 0.15) is 16.8 Å². The maximum atomic E-state index is 13.0. The average Bonchev–Trinajstić information content (AvgIpc) is 2.67. The molecule has 1 aliphatic heterocycles. The summed E-state index contributed by atoms with van der Waals surface area (Å²) in [5.74, 6) is 0. The minimum absolute atomic E-state index is 0.172. The van der Waals surface area contributed by atoms with Gasteiger partial charge in [-0.3, -0.25) is 9.69 Å². The monoisotopic (exact) mass is 347 g/mol. The largest absolute Gasteiger partial charge is 0.369 e. The Balaban J connectivity index is 1.53. The fourth-order valence-electron chi connectivity index (χ4n) is 3.84. The van der Waals surface area contributed by atoms with E-state index in [1.165, 1.54) is 5.69 Å². The molecular weight excluding hydrogens is 322 g/mol. The quantitative estimate of drug-likeness (QED) is 0.789. The summed E-state index contributed by atoms with van der Waals surface area (Å²) >= 11 is 0. The van der Waals surface area contributed by atoms with Crippen molar-refractivity contribution in [3.8, 4) is 0 Å². The summed E-state index contributed by atoms with van der Waals surface area (Å²) in [6.45, 7) is 8.71. The number of hydrogen-bond acceptors (Lipinski definition) is 3. The van der Waals surface area contributed by atoms with Gasteiger partial charge in [0.15, 0.2) is 5.43 Å². The number of pyridine rings is 1. The van der Waals surface area contributed by atoms with E-state index < -0.39 is 0 Å². The van der Waals surface area contributed by atoms with Crippen LogP contribution >= 0.6 is 0 Å². The molecule has 0 unspecified atom stereocenters. The maximum absolute atomic E-state index is 13.0. The predicted molar refractivity (Wildman–Crippen MR) is 108 cm³/mol. The van der Waals surface area contributed by atoms with Gasteiger partial charge in [-0.25, -0.2) is 0 Å². The number of aromatic nitrogens is 1. The Labute approximate surface area is 154 Å². The molecule has 1 fully saturated rings. The van der Waals surface area contributed by atoms with Crippen LogP contribution in [0.5, 0.6) is 0 Å². The van der Waals surface area contributed by atoms with E-state index in [0.29, 0.717) is 6.54 Å². The molecule has 0 bridgehead atoms. The van der Waals surface area contributed by atoms with E-state index in [-0.39, 0.29) is 5.43 Å². The van der Waals surface area contributed by atoms with Crippen molar-refractivity contribution >= 4 is 16.6 Å². The first kappa shape index (κ1) is 16.9. The number of fused-ring (bicyclic) bond motifs is 1. The fraction of sp³-hybridized carbons (Fsp3) is 0.318. The van der Waals surface area contributed by atoms with E-state index in [4.69, 9.17) is 0 Å². The molecule has 4 rings (SSSR count). The number of para-hydroxylation sites is 2. The number of piperazine rings is 1. The van der Waals surface area contributed by atoms with Gasteiger partial charge in [0.05, 0.1) is 5.52 Å². The van der Waals surface area contributed by atoms with Crippen molar-refractivity contribution in [1.29, 1.82) is 0 Å². The molecule has 0 amide bonds. The number of nitrogens with one attached hydrogen (secondary N) is 1. The Morgan fingerprint density at radius 2 is 1.65 bits per heavy atom. The van der Waals surface area contributed by atoms with E-state index in [0.717, 1.165) is 53.9 Å². The highest BCUT2D eigenvalue weighted by atomic mass is 16.1. The van der Waals surface area contributed by atoms with Crippen LogP contribution in [-0.2, 0) is 6.54 Å². The number of H-pyrrole nitrogens is 1.